The van der Waals surface area contributed by atoms with E-state index in [0.29, 0.717) is 33.2 Å². The summed E-state index contributed by atoms with van der Waals surface area (Å²) in [6.07, 6.45) is 0. The maximum Gasteiger partial charge on any atom is 0.257 e. The first-order valence-electron chi connectivity index (χ1n) is 10.0. The third-order valence-electron chi connectivity index (χ3n) is 4.77. The Kier molecular flexibility index (Phi) is 7.22. The average molecular weight is 481 g/mol. The van der Waals surface area contributed by atoms with Crippen LogP contribution in [0.4, 0.5) is 5.69 Å². The number of rotatable bonds is 8. The molecule has 168 valence electrons. The van der Waals surface area contributed by atoms with Gasteiger partial charge < -0.3 is 19.2 Å². The topological polar surface area (TPSA) is 73.6 Å². The maximum atomic E-state index is 12.6. The number of benzene rings is 3. The Morgan fingerprint density at radius 1 is 0.970 bits per heavy atom. The zero-order chi connectivity index (χ0) is 23.2. The zero-order valence-corrected chi connectivity index (χ0v) is 19.6. The summed E-state index contributed by atoms with van der Waals surface area (Å²) in [7, 11) is 3.02. The Balaban J connectivity index is 1.53. The number of anilines is 1. The molecule has 0 aliphatic carbocycles. The summed E-state index contributed by atoms with van der Waals surface area (Å²) in [5, 5.41) is 3.59. The Hall–Kier alpha value is -3.42. The van der Waals surface area contributed by atoms with Crippen LogP contribution in [0.15, 0.2) is 82.4 Å². The van der Waals surface area contributed by atoms with Gasteiger partial charge in [0.25, 0.3) is 5.22 Å². The van der Waals surface area contributed by atoms with Crippen LogP contribution < -0.4 is 14.8 Å². The van der Waals surface area contributed by atoms with Crippen LogP contribution in [0.3, 0.4) is 0 Å². The second-order valence-corrected chi connectivity index (χ2v) is 8.25. The van der Waals surface area contributed by atoms with Crippen molar-refractivity contribution in [2.24, 2.45) is 0 Å². The Labute approximate surface area is 200 Å². The summed E-state index contributed by atoms with van der Waals surface area (Å²) in [5.41, 5.74) is 3.04. The number of carbonyl (C=O) groups excluding carboxylic acids is 1. The van der Waals surface area contributed by atoms with Gasteiger partial charge >= 0.3 is 0 Å². The summed E-state index contributed by atoms with van der Waals surface area (Å²) < 4.78 is 16.6. The molecule has 0 atom stereocenters. The lowest BCUT2D eigenvalue weighted by Crippen LogP contribution is -2.14. The Morgan fingerprint density at radius 2 is 1.61 bits per heavy atom. The van der Waals surface area contributed by atoms with Crippen molar-refractivity contribution < 1.29 is 18.7 Å². The van der Waals surface area contributed by atoms with Gasteiger partial charge in [-0.1, -0.05) is 84.0 Å². The van der Waals surface area contributed by atoms with Crippen molar-refractivity contribution >= 4 is 35.0 Å². The second-order valence-electron chi connectivity index (χ2n) is 6.91. The van der Waals surface area contributed by atoms with Crippen LogP contribution in [-0.4, -0.2) is 30.9 Å². The number of ether oxygens (including phenoxy) is 2. The van der Waals surface area contributed by atoms with Crippen molar-refractivity contribution in [2.75, 3.05) is 25.3 Å². The highest BCUT2D eigenvalue weighted by Gasteiger charge is 2.19. The molecule has 8 heteroatoms. The van der Waals surface area contributed by atoms with Gasteiger partial charge in [-0.05, 0) is 6.07 Å². The van der Waals surface area contributed by atoms with E-state index in [1.807, 2.05) is 60.7 Å². The minimum absolute atomic E-state index is 0.0930. The minimum atomic E-state index is -0.250. The number of hydrogen-bond donors (Lipinski definition) is 1. The highest BCUT2D eigenvalue weighted by Crippen LogP contribution is 2.37. The molecular weight excluding hydrogens is 460 g/mol. The van der Waals surface area contributed by atoms with Crippen molar-refractivity contribution in [1.29, 1.82) is 0 Å². The van der Waals surface area contributed by atoms with Crippen molar-refractivity contribution in [1.82, 2.24) is 4.98 Å². The van der Waals surface area contributed by atoms with E-state index in [0.717, 1.165) is 16.8 Å². The predicted octanol–water partition coefficient (Wildman–Crippen LogP) is 6.41. The summed E-state index contributed by atoms with van der Waals surface area (Å²) in [4.78, 5) is 17.3. The van der Waals surface area contributed by atoms with Gasteiger partial charge in [-0.2, -0.15) is 0 Å². The highest BCUT2D eigenvalue weighted by atomic mass is 35.5. The Bertz CT molecular complexity index is 1190. The number of halogens is 1. The molecule has 1 N–H and O–H groups in total. The molecule has 0 unspecified atom stereocenters. The molecule has 1 amide bonds. The quantitative estimate of drug-likeness (QED) is 0.294. The van der Waals surface area contributed by atoms with Gasteiger partial charge in [0, 0.05) is 17.2 Å². The van der Waals surface area contributed by atoms with Gasteiger partial charge in [-0.25, -0.2) is 4.98 Å². The third kappa shape index (κ3) is 5.32. The molecule has 1 aromatic heterocycles. The fourth-order valence-electron chi connectivity index (χ4n) is 3.21. The normalized spacial score (nSPS) is 10.6. The number of nitrogens with one attached hydrogen (secondary N) is 1. The summed E-state index contributed by atoms with van der Waals surface area (Å²) in [5.74, 6) is 1.41. The molecule has 33 heavy (non-hydrogen) atoms. The first-order valence-corrected chi connectivity index (χ1v) is 11.4. The molecule has 1 heterocycles. The molecule has 0 spiro atoms. The summed E-state index contributed by atoms with van der Waals surface area (Å²) >= 11 is 7.40. The van der Waals surface area contributed by atoms with E-state index in [1.54, 1.807) is 12.1 Å². The van der Waals surface area contributed by atoms with E-state index in [9.17, 15) is 4.79 Å². The summed E-state index contributed by atoms with van der Waals surface area (Å²) in [6.45, 7) is 0. The maximum absolute atomic E-state index is 12.6. The van der Waals surface area contributed by atoms with E-state index in [4.69, 9.17) is 25.5 Å². The van der Waals surface area contributed by atoms with E-state index >= 15 is 0 Å². The third-order valence-corrected chi connectivity index (χ3v) is 5.89. The Morgan fingerprint density at radius 3 is 2.24 bits per heavy atom. The predicted molar refractivity (Wildman–Crippen MR) is 131 cm³/mol. The van der Waals surface area contributed by atoms with Crippen molar-refractivity contribution in [2.45, 2.75) is 5.22 Å². The number of methoxy groups -OCH3 is 2. The second kappa shape index (κ2) is 10.5. The van der Waals surface area contributed by atoms with Crippen LogP contribution in [0.25, 0.3) is 22.6 Å². The van der Waals surface area contributed by atoms with Gasteiger partial charge in [0.1, 0.15) is 17.2 Å². The molecule has 6 nitrogen and oxygen atoms in total. The molecular formula is C25H21ClN2O4S. The molecule has 0 fully saturated rings. The van der Waals surface area contributed by atoms with E-state index < -0.39 is 0 Å². The van der Waals surface area contributed by atoms with Gasteiger partial charge in [0.15, 0.2) is 5.76 Å². The molecule has 0 radical (unpaired) electrons. The van der Waals surface area contributed by atoms with Crippen LogP contribution in [0.5, 0.6) is 11.5 Å². The average Bonchev–Trinajstić information content (AvgIpc) is 3.28. The number of thioether (sulfide) groups is 1. The molecule has 3 aromatic carbocycles. The van der Waals surface area contributed by atoms with Crippen LogP contribution in [0.2, 0.25) is 5.02 Å². The van der Waals surface area contributed by atoms with Crippen molar-refractivity contribution in [3.05, 3.63) is 77.8 Å². The minimum Gasteiger partial charge on any atom is -0.495 e. The number of amides is 1. The largest absolute Gasteiger partial charge is 0.495 e. The van der Waals surface area contributed by atoms with Crippen LogP contribution in [0.1, 0.15) is 0 Å². The smallest absolute Gasteiger partial charge is 0.257 e. The molecule has 4 rings (SSSR count). The highest BCUT2D eigenvalue weighted by molar-refractivity contribution is 7.99. The summed E-state index contributed by atoms with van der Waals surface area (Å²) in [6, 6.07) is 22.8. The zero-order valence-electron chi connectivity index (χ0n) is 18.0. The first-order chi connectivity index (χ1) is 16.1. The number of hydrogen-bond acceptors (Lipinski definition) is 6. The fraction of sp³-hybridized carbons (Fsp3) is 0.120. The molecule has 0 aliphatic heterocycles. The lowest BCUT2D eigenvalue weighted by atomic mass is 10.1. The van der Waals surface area contributed by atoms with Crippen molar-refractivity contribution in [3.63, 3.8) is 0 Å². The molecule has 0 aliphatic rings. The molecule has 0 bridgehead atoms. The van der Waals surface area contributed by atoms with E-state index in [2.05, 4.69) is 10.3 Å². The van der Waals surface area contributed by atoms with Gasteiger partial charge in [0.2, 0.25) is 5.91 Å². The number of aromatic nitrogens is 1. The first kappa shape index (κ1) is 22.8. The lowest BCUT2D eigenvalue weighted by Gasteiger charge is -2.12. The van der Waals surface area contributed by atoms with Crippen LogP contribution >= 0.6 is 23.4 Å². The fourth-order valence-corrected chi connectivity index (χ4v) is 4.08. The standard InChI is InChI=1S/C25H21ClN2O4S/c1-30-20-14-21(31-2)19(13-18(20)26)27-22(29)15-33-25-28-23(16-9-5-3-6-10-16)24(32-25)17-11-7-4-8-12-17/h3-14H,15H2,1-2H3,(H,27,29). The van der Waals surface area contributed by atoms with Gasteiger partial charge in [-0.15, -0.1) is 0 Å². The molecule has 4 aromatic rings. The van der Waals surface area contributed by atoms with E-state index in [-0.39, 0.29) is 11.7 Å². The molecule has 0 saturated carbocycles. The monoisotopic (exact) mass is 480 g/mol. The number of nitrogens with zero attached hydrogens (tertiary/aromatic N) is 1. The van der Waals surface area contributed by atoms with Crippen molar-refractivity contribution in [3.8, 4) is 34.1 Å². The van der Waals surface area contributed by atoms with Gasteiger partial charge in [-0.3, -0.25) is 4.79 Å². The van der Waals surface area contributed by atoms with E-state index in [1.165, 1.54) is 26.0 Å². The van der Waals surface area contributed by atoms with Crippen LogP contribution in [0, 0.1) is 0 Å². The lowest BCUT2D eigenvalue weighted by molar-refractivity contribution is -0.113. The molecule has 0 saturated heterocycles. The van der Waals surface area contributed by atoms with Crippen LogP contribution in [-0.2, 0) is 4.79 Å². The number of oxazole rings is 1. The SMILES string of the molecule is COc1cc(OC)c(NC(=O)CSc2nc(-c3ccccc3)c(-c3ccccc3)o2)cc1Cl. The number of carbonyl (C=O) groups is 1. The van der Waals surface area contributed by atoms with Gasteiger partial charge in [0.05, 0.1) is 30.7 Å².